The number of hydrogen-bond donors (Lipinski definition) is 0. The molecule has 0 unspecified atom stereocenters. The third kappa shape index (κ3) is 3.47. The maximum atomic E-state index is 13.4. The van der Waals surface area contributed by atoms with Gasteiger partial charge in [-0.15, -0.1) is 0 Å². The number of rotatable bonds is 4. The quantitative estimate of drug-likeness (QED) is 0.629. The fourth-order valence-electron chi connectivity index (χ4n) is 3.52. The largest absolute Gasteiger partial charge is 0.466 e. The molecule has 29 heavy (non-hydrogen) atoms. The van der Waals surface area contributed by atoms with Crippen molar-refractivity contribution in [3.8, 4) is 0 Å². The zero-order valence-corrected chi connectivity index (χ0v) is 17.0. The smallest absolute Gasteiger partial charge is 0.338 e. The molecule has 1 aromatic heterocycles. The first kappa shape index (κ1) is 19.1. The van der Waals surface area contributed by atoms with Crippen LogP contribution in [-0.2, 0) is 9.53 Å². The van der Waals surface area contributed by atoms with Crippen molar-refractivity contribution >= 4 is 23.4 Å². The van der Waals surface area contributed by atoms with Crippen LogP contribution < -0.4 is 14.9 Å². The van der Waals surface area contributed by atoms with Gasteiger partial charge in [-0.05, 0) is 23.6 Å². The molecule has 0 fully saturated rings. The number of thiazole rings is 1. The average Bonchev–Trinajstić information content (AvgIpc) is 3.08. The van der Waals surface area contributed by atoms with Crippen LogP contribution in [-0.4, -0.2) is 17.6 Å². The van der Waals surface area contributed by atoms with Crippen molar-refractivity contribution in [1.82, 2.24) is 4.57 Å². The van der Waals surface area contributed by atoms with Gasteiger partial charge in [0.15, 0.2) is 4.80 Å². The van der Waals surface area contributed by atoms with Crippen LogP contribution in [0.3, 0.4) is 0 Å². The van der Waals surface area contributed by atoms with E-state index in [2.05, 4.69) is 4.99 Å². The topological polar surface area (TPSA) is 60.7 Å². The van der Waals surface area contributed by atoms with Crippen molar-refractivity contribution in [3.63, 3.8) is 0 Å². The summed E-state index contributed by atoms with van der Waals surface area (Å²) in [7, 11) is 1.35. The van der Waals surface area contributed by atoms with E-state index in [0.717, 1.165) is 11.1 Å². The average molecular weight is 404 g/mol. The number of nitrogens with zero attached hydrogens (tertiary/aromatic N) is 2. The fourth-order valence-corrected chi connectivity index (χ4v) is 4.54. The first-order chi connectivity index (χ1) is 14.1. The van der Waals surface area contributed by atoms with Crippen LogP contribution >= 0.6 is 11.3 Å². The van der Waals surface area contributed by atoms with E-state index in [-0.39, 0.29) is 5.56 Å². The first-order valence-corrected chi connectivity index (χ1v) is 10.2. The van der Waals surface area contributed by atoms with Crippen LogP contribution in [0.25, 0.3) is 6.08 Å². The van der Waals surface area contributed by atoms with Gasteiger partial charge in [0.05, 0.1) is 29.0 Å². The van der Waals surface area contributed by atoms with Gasteiger partial charge in [0.2, 0.25) is 0 Å². The van der Waals surface area contributed by atoms with Gasteiger partial charge in [0.1, 0.15) is 0 Å². The first-order valence-electron chi connectivity index (χ1n) is 9.37. The summed E-state index contributed by atoms with van der Waals surface area (Å²) in [5.74, 6) is -0.461. The monoisotopic (exact) mass is 404 g/mol. The van der Waals surface area contributed by atoms with E-state index in [9.17, 15) is 9.59 Å². The molecule has 6 heteroatoms. The van der Waals surface area contributed by atoms with Gasteiger partial charge in [0, 0.05) is 0 Å². The molecule has 1 aliphatic heterocycles. The lowest BCUT2D eigenvalue weighted by atomic mass is 9.95. The number of hydrogen-bond acceptors (Lipinski definition) is 5. The van der Waals surface area contributed by atoms with Crippen molar-refractivity contribution in [1.29, 1.82) is 0 Å². The minimum Gasteiger partial charge on any atom is -0.466 e. The SMILES string of the molecule is CCC1=C(C(=O)OC)[C@@H](c2ccccc2)n2c(s/c(=C\c3ccccc3)c2=O)=N1. The summed E-state index contributed by atoms with van der Waals surface area (Å²) in [6.07, 6.45) is 2.43. The van der Waals surface area contributed by atoms with Crippen molar-refractivity contribution in [3.05, 3.63) is 103 Å². The highest BCUT2D eigenvalue weighted by Crippen LogP contribution is 2.31. The van der Waals surface area contributed by atoms with Crippen LogP contribution in [0.5, 0.6) is 0 Å². The molecule has 5 nitrogen and oxygen atoms in total. The van der Waals surface area contributed by atoms with E-state index in [1.165, 1.54) is 18.4 Å². The number of fused-ring (bicyclic) bond motifs is 1. The van der Waals surface area contributed by atoms with Gasteiger partial charge >= 0.3 is 5.97 Å². The Balaban J connectivity index is 2.01. The minimum atomic E-state index is -0.562. The number of carbonyl (C=O) groups is 1. The highest BCUT2D eigenvalue weighted by atomic mass is 32.1. The summed E-state index contributed by atoms with van der Waals surface area (Å²) in [5.41, 5.74) is 2.69. The molecule has 3 aromatic rings. The van der Waals surface area contributed by atoms with Crippen LogP contribution in [0.1, 0.15) is 30.5 Å². The molecule has 0 radical (unpaired) electrons. The van der Waals surface area contributed by atoms with Crippen molar-refractivity contribution in [2.24, 2.45) is 4.99 Å². The third-order valence-electron chi connectivity index (χ3n) is 4.86. The number of methoxy groups -OCH3 is 1. The molecule has 0 bridgehead atoms. The Hall–Kier alpha value is -3.25. The van der Waals surface area contributed by atoms with Crippen molar-refractivity contribution in [2.75, 3.05) is 7.11 Å². The summed E-state index contributed by atoms with van der Waals surface area (Å²) in [5, 5.41) is 0. The molecule has 1 atom stereocenters. The Morgan fingerprint density at radius 3 is 2.41 bits per heavy atom. The third-order valence-corrected chi connectivity index (χ3v) is 5.85. The van der Waals surface area contributed by atoms with Gasteiger partial charge in [-0.2, -0.15) is 0 Å². The van der Waals surface area contributed by atoms with E-state index in [0.29, 0.717) is 27.0 Å². The number of allylic oxidation sites excluding steroid dienone is 1. The zero-order chi connectivity index (χ0) is 20.4. The van der Waals surface area contributed by atoms with E-state index in [4.69, 9.17) is 4.74 Å². The molecule has 2 heterocycles. The molecule has 1 aliphatic rings. The second-order valence-corrected chi connectivity index (χ2v) is 7.62. The molecule has 0 amide bonds. The van der Waals surface area contributed by atoms with E-state index in [1.54, 1.807) is 4.57 Å². The number of benzene rings is 2. The molecule has 0 spiro atoms. The maximum absolute atomic E-state index is 13.4. The molecule has 4 rings (SSSR count). The zero-order valence-electron chi connectivity index (χ0n) is 16.2. The molecule has 146 valence electrons. The second kappa shape index (κ2) is 8.01. The maximum Gasteiger partial charge on any atom is 0.338 e. The Morgan fingerprint density at radius 1 is 1.14 bits per heavy atom. The summed E-state index contributed by atoms with van der Waals surface area (Å²) < 4.78 is 7.25. The van der Waals surface area contributed by atoms with Gasteiger partial charge in [-0.1, -0.05) is 78.9 Å². The van der Waals surface area contributed by atoms with E-state index < -0.39 is 12.0 Å². The molecule has 0 aliphatic carbocycles. The summed E-state index contributed by atoms with van der Waals surface area (Å²) >= 11 is 1.34. The molecule has 2 aromatic carbocycles. The van der Waals surface area contributed by atoms with Crippen molar-refractivity contribution in [2.45, 2.75) is 19.4 Å². The van der Waals surface area contributed by atoms with Gasteiger partial charge in [-0.25, -0.2) is 9.79 Å². The lowest BCUT2D eigenvalue weighted by Gasteiger charge is -2.25. The van der Waals surface area contributed by atoms with Gasteiger partial charge in [0.25, 0.3) is 5.56 Å². The molecule has 0 N–H and O–H groups in total. The van der Waals surface area contributed by atoms with Gasteiger partial charge < -0.3 is 4.74 Å². The predicted molar refractivity (Wildman–Crippen MR) is 113 cm³/mol. The Kier molecular flexibility index (Phi) is 5.27. The number of carbonyl (C=O) groups excluding carboxylic acids is 1. The normalized spacial score (nSPS) is 16.3. The lowest BCUT2D eigenvalue weighted by Crippen LogP contribution is -2.40. The highest BCUT2D eigenvalue weighted by molar-refractivity contribution is 7.07. The molecular weight excluding hydrogens is 384 g/mol. The highest BCUT2D eigenvalue weighted by Gasteiger charge is 2.33. The van der Waals surface area contributed by atoms with Crippen LogP contribution in [0.4, 0.5) is 0 Å². The minimum absolute atomic E-state index is 0.164. The standard InChI is InChI=1S/C23H20N2O3S/c1-3-17-19(22(27)28-2)20(16-12-8-5-9-13-16)25-21(26)18(29-23(25)24-17)14-15-10-6-4-7-11-15/h4-14,20H,3H2,1-2H3/b18-14-/t20-/m1/s1. The van der Waals surface area contributed by atoms with Crippen LogP contribution in [0, 0.1) is 0 Å². The predicted octanol–water partition coefficient (Wildman–Crippen LogP) is 2.80. The Morgan fingerprint density at radius 2 is 1.79 bits per heavy atom. The number of aromatic nitrogens is 1. The van der Waals surface area contributed by atoms with Crippen molar-refractivity contribution < 1.29 is 9.53 Å². The summed E-state index contributed by atoms with van der Waals surface area (Å²) in [6, 6.07) is 18.7. The van der Waals surface area contributed by atoms with E-state index in [1.807, 2.05) is 73.7 Å². The van der Waals surface area contributed by atoms with E-state index >= 15 is 0 Å². The number of ether oxygens (including phenoxy) is 1. The number of esters is 1. The Labute approximate surface area is 171 Å². The van der Waals surface area contributed by atoms with Crippen LogP contribution in [0.2, 0.25) is 0 Å². The second-order valence-electron chi connectivity index (χ2n) is 6.61. The fraction of sp³-hybridized carbons (Fsp3) is 0.174. The molecule has 0 saturated heterocycles. The molecular formula is C23H20N2O3S. The summed E-state index contributed by atoms with van der Waals surface area (Å²) in [6.45, 7) is 1.95. The van der Waals surface area contributed by atoms with Crippen LogP contribution in [0.15, 0.2) is 81.7 Å². The lowest BCUT2D eigenvalue weighted by molar-refractivity contribution is -0.136. The van der Waals surface area contributed by atoms with Gasteiger partial charge in [-0.3, -0.25) is 9.36 Å². The molecule has 0 saturated carbocycles. The summed E-state index contributed by atoms with van der Waals surface area (Å²) in [4.78, 5) is 31.3. The Bertz CT molecular complexity index is 1250.